The number of aromatic hydroxyl groups is 1. The monoisotopic (exact) mass is 483 g/mol. The van der Waals surface area contributed by atoms with Crippen LogP contribution in [0.2, 0.25) is 0 Å². The fraction of sp³-hybridized carbons (Fsp3) is 0.312. The summed E-state index contributed by atoms with van der Waals surface area (Å²) >= 11 is 0. The Labute approximate surface area is 217 Å². The summed E-state index contributed by atoms with van der Waals surface area (Å²) in [5, 5.41) is 9.73. The van der Waals surface area contributed by atoms with Crippen molar-refractivity contribution < 1.29 is 5.11 Å². The number of aromatic nitrogens is 2. The highest BCUT2D eigenvalue weighted by molar-refractivity contribution is 5.75. The van der Waals surface area contributed by atoms with Gasteiger partial charge < -0.3 is 10.8 Å². The maximum absolute atomic E-state index is 9.73. The second-order valence-electron chi connectivity index (χ2n) is 10.5. The van der Waals surface area contributed by atoms with E-state index in [1.807, 2.05) is 38.1 Å². The highest BCUT2D eigenvalue weighted by Crippen LogP contribution is 2.30. The van der Waals surface area contributed by atoms with E-state index in [0.717, 1.165) is 27.9 Å². The molecule has 0 amide bonds. The van der Waals surface area contributed by atoms with Crippen molar-refractivity contribution in [3.05, 3.63) is 96.6 Å². The number of nitrogen functional groups attached to an aromatic ring is 1. The summed E-state index contributed by atoms with van der Waals surface area (Å²) in [4.78, 5) is 7.88. The van der Waals surface area contributed by atoms with E-state index in [-0.39, 0.29) is 16.6 Å². The molecule has 0 fully saturated rings. The minimum atomic E-state index is 0.152. The number of hydrogen-bond donors (Lipinski definition) is 2. The molecule has 0 aliphatic heterocycles. The molecule has 0 saturated heterocycles. The Morgan fingerprint density at radius 2 is 0.972 bits per heavy atom. The second-order valence-corrected chi connectivity index (χ2v) is 10.5. The van der Waals surface area contributed by atoms with Crippen LogP contribution >= 0.6 is 0 Å². The van der Waals surface area contributed by atoms with Gasteiger partial charge in [0.1, 0.15) is 5.75 Å². The standard InChI is InChI=1S/C15H18N2.C15H17NO.C2H6/c1-15(2,3)12-6-4-11(5-7-12)13-8-9-17-10-14(13)16;1-15(2,3)12-6-4-11(5-7-12)13-8-9-16-10-14(13)17;1-2/h4-10H,16H2,1-3H3;4-10,17H,1-3H3;1-2H3. The van der Waals surface area contributed by atoms with Gasteiger partial charge in [0.2, 0.25) is 0 Å². The quantitative estimate of drug-likeness (QED) is 0.300. The van der Waals surface area contributed by atoms with Crippen molar-refractivity contribution in [1.82, 2.24) is 9.97 Å². The number of anilines is 1. The molecule has 0 bridgehead atoms. The van der Waals surface area contributed by atoms with Gasteiger partial charge in [-0.25, -0.2) is 0 Å². The molecular weight excluding hydrogens is 442 g/mol. The predicted octanol–water partition coefficient (Wildman–Crippen LogP) is 8.41. The molecule has 0 radical (unpaired) electrons. The lowest BCUT2D eigenvalue weighted by molar-refractivity contribution is 0.474. The molecule has 2 heterocycles. The molecule has 0 unspecified atom stereocenters. The predicted molar refractivity (Wildman–Crippen MR) is 154 cm³/mol. The average Bonchev–Trinajstić information content (AvgIpc) is 2.85. The fourth-order valence-electron chi connectivity index (χ4n) is 3.60. The third-order valence-corrected chi connectivity index (χ3v) is 5.78. The van der Waals surface area contributed by atoms with Crippen LogP contribution in [0, 0.1) is 0 Å². The van der Waals surface area contributed by atoms with Gasteiger partial charge in [0.15, 0.2) is 0 Å². The summed E-state index contributed by atoms with van der Waals surface area (Å²) in [6.07, 6.45) is 6.61. The minimum Gasteiger partial charge on any atom is -0.506 e. The van der Waals surface area contributed by atoms with Crippen molar-refractivity contribution in [1.29, 1.82) is 0 Å². The number of nitrogens with two attached hydrogens (primary N) is 1. The first kappa shape index (κ1) is 28.6. The van der Waals surface area contributed by atoms with Gasteiger partial charge in [-0.3, -0.25) is 9.97 Å². The highest BCUT2D eigenvalue weighted by Gasteiger charge is 2.14. The molecule has 36 heavy (non-hydrogen) atoms. The van der Waals surface area contributed by atoms with Gasteiger partial charge in [-0.1, -0.05) is 104 Å². The number of nitrogens with zero attached hydrogens (tertiary/aromatic N) is 2. The number of rotatable bonds is 2. The summed E-state index contributed by atoms with van der Waals surface area (Å²) in [7, 11) is 0. The lowest BCUT2D eigenvalue weighted by Gasteiger charge is -2.19. The van der Waals surface area contributed by atoms with Crippen molar-refractivity contribution in [2.75, 3.05) is 5.73 Å². The summed E-state index contributed by atoms with van der Waals surface area (Å²) in [5.74, 6) is 0.219. The molecule has 0 aliphatic rings. The van der Waals surface area contributed by atoms with Gasteiger partial charge in [-0.05, 0) is 45.2 Å². The molecule has 0 atom stereocenters. The number of pyridine rings is 2. The highest BCUT2D eigenvalue weighted by atomic mass is 16.3. The first-order valence-corrected chi connectivity index (χ1v) is 12.5. The fourth-order valence-corrected chi connectivity index (χ4v) is 3.60. The smallest absolute Gasteiger partial charge is 0.141 e. The van der Waals surface area contributed by atoms with E-state index < -0.39 is 0 Å². The van der Waals surface area contributed by atoms with Crippen LogP contribution in [0.1, 0.15) is 66.5 Å². The van der Waals surface area contributed by atoms with E-state index in [1.54, 1.807) is 18.6 Å². The van der Waals surface area contributed by atoms with Crippen LogP contribution in [0.5, 0.6) is 5.75 Å². The zero-order valence-corrected chi connectivity index (χ0v) is 23.0. The molecule has 3 N–H and O–H groups in total. The van der Waals surface area contributed by atoms with Gasteiger partial charge in [-0.15, -0.1) is 0 Å². The van der Waals surface area contributed by atoms with Gasteiger partial charge in [0, 0.05) is 23.5 Å². The second kappa shape index (κ2) is 12.3. The first-order chi connectivity index (χ1) is 17.0. The Morgan fingerprint density at radius 3 is 1.36 bits per heavy atom. The van der Waals surface area contributed by atoms with Crippen LogP contribution in [0.3, 0.4) is 0 Å². The Morgan fingerprint density at radius 1 is 0.583 bits per heavy atom. The van der Waals surface area contributed by atoms with E-state index >= 15 is 0 Å². The van der Waals surface area contributed by atoms with Crippen molar-refractivity contribution in [3.8, 4) is 28.0 Å². The van der Waals surface area contributed by atoms with Gasteiger partial charge in [-0.2, -0.15) is 0 Å². The van der Waals surface area contributed by atoms with Gasteiger partial charge in [0.05, 0.1) is 18.1 Å². The minimum absolute atomic E-state index is 0.152. The van der Waals surface area contributed by atoms with Crippen molar-refractivity contribution in [3.63, 3.8) is 0 Å². The molecule has 2 aromatic heterocycles. The SMILES string of the molecule is CC.CC(C)(C)c1ccc(-c2ccncc2N)cc1.CC(C)(C)c1ccc(-c2ccncc2O)cc1. The molecule has 0 aliphatic carbocycles. The molecule has 4 aromatic rings. The third kappa shape index (κ3) is 7.67. The Bertz CT molecular complexity index is 1120. The van der Waals surface area contributed by atoms with E-state index in [4.69, 9.17) is 5.73 Å². The third-order valence-electron chi connectivity index (χ3n) is 5.78. The van der Waals surface area contributed by atoms with Crippen molar-refractivity contribution in [2.24, 2.45) is 0 Å². The molecule has 4 heteroatoms. The van der Waals surface area contributed by atoms with Crippen LogP contribution in [0.15, 0.2) is 85.5 Å². The Kier molecular flexibility index (Phi) is 9.80. The normalized spacial score (nSPS) is 11.0. The lowest BCUT2D eigenvalue weighted by Crippen LogP contribution is -2.10. The zero-order valence-electron chi connectivity index (χ0n) is 23.0. The first-order valence-electron chi connectivity index (χ1n) is 12.5. The Balaban J connectivity index is 0.000000237. The average molecular weight is 484 g/mol. The van der Waals surface area contributed by atoms with Crippen LogP contribution in [-0.4, -0.2) is 15.1 Å². The molecular formula is C32H41N3O. The van der Waals surface area contributed by atoms with Crippen LogP contribution in [0.25, 0.3) is 22.3 Å². The molecule has 2 aromatic carbocycles. The molecule has 4 nitrogen and oxygen atoms in total. The van der Waals surface area contributed by atoms with Crippen molar-refractivity contribution >= 4 is 5.69 Å². The van der Waals surface area contributed by atoms with E-state index in [1.165, 1.54) is 17.3 Å². The zero-order chi connectivity index (χ0) is 26.9. The molecule has 0 spiro atoms. The van der Waals surface area contributed by atoms with Crippen LogP contribution < -0.4 is 5.73 Å². The number of benzene rings is 2. The van der Waals surface area contributed by atoms with Gasteiger partial charge in [0.25, 0.3) is 0 Å². The lowest BCUT2D eigenvalue weighted by atomic mass is 9.86. The van der Waals surface area contributed by atoms with E-state index in [2.05, 4.69) is 87.9 Å². The van der Waals surface area contributed by atoms with Crippen molar-refractivity contribution in [2.45, 2.75) is 66.2 Å². The van der Waals surface area contributed by atoms with E-state index in [0.29, 0.717) is 0 Å². The summed E-state index contributed by atoms with van der Waals surface area (Å²) in [6, 6.07) is 20.6. The molecule has 190 valence electrons. The van der Waals surface area contributed by atoms with Gasteiger partial charge >= 0.3 is 0 Å². The Hall–Kier alpha value is -3.66. The maximum Gasteiger partial charge on any atom is 0.141 e. The largest absolute Gasteiger partial charge is 0.506 e. The maximum atomic E-state index is 9.73. The summed E-state index contributed by atoms with van der Waals surface area (Å²) in [5.41, 5.74) is 13.6. The van der Waals surface area contributed by atoms with Crippen LogP contribution in [0.4, 0.5) is 5.69 Å². The number of hydrogen-bond acceptors (Lipinski definition) is 4. The van der Waals surface area contributed by atoms with E-state index in [9.17, 15) is 5.11 Å². The van der Waals surface area contributed by atoms with Crippen LogP contribution in [-0.2, 0) is 10.8 Å². The summed E-state index contributed by atoms with van der Waals surface area (Å²) in [6.45, 7) is 17.2. The topological polar surface area (TPSA) is 72.0 Å². The summed E-state index contributed by atoms with van der Waals surface area (Å²) < 4.78 is 0. The molecule has 0 saturated carbocycles. The molecule has 4 rings (SSSR count).